The largest absolute Gasteiger partial charge is 0.399 e. The molecular weight excluding hydrogens is 198 g/mol. The number of hydrogen-bond donors (Lipinski definition) is 1. The third-order valence-corrected chi connectivity index (χ3v) is 3.66. The van der Waals surface area contributed by atoms with Gasteiger partial charge in [-0.2, -0.15) is 0 Å². The number of anilines is 1. The standard InChI is InChI=1S/C13H17N3/c1-8-5-10(8)7-16-9(2)15-12-6-11(14)3-4-13(12)16/h3-4,6,8,10H,5,7,14H2,1-2H3. The Morgan fingerprint density at radius 1 is 1.50 bits per heavy atom. The van der Waals surface area contributed by atoms with Crippen LogP contribution in [0.4, 0.5) is 5.69 Å². The van der Waals surface area contributed by atoms with Crippen molar-refractivity contribution in [1.29, 1.82) is 0 Å². The van der Waals surface area contributed by atoms with E-state index in [1.807, 2.05) is 12.1 Å². The average molecular weight is 215 g/mol. The summed E-state index contributed by atoms with van der Waals surface area (Å²) in [6, 6.07) is 5.99. The molecule has 2 unspecified atom stereocenters. The highest BCUT2D eigenvalue weighted by Gasteiger charge is 2.33. The lowest BCUT2D eigenvalue weighted by atomic mass is 10.2. The van der Waals surface area contributed by atoms with Gasteiger partial charge < -0.3 is 10.3 Å². The highest BCUT2D eigenvalue weighted by Crippen LogP contribution is 2.39. The minimum atomic E-state index is 0.789. The van der Waals surface area contributed by atoms with Gasteiger partial charge in [0.2, 0.25) is 0 Å². The van der Waals surface area contributed by atoms with Crippen molar-refractivity contribution in [2.75, 3.05) is 5.73 Å². The van der Waals surface area contributed by atoms with Crippen LogP contribution < -0.4 is 5.73 Å². The van der Waals surface area contributed by atoms with E-state index in [9.17, 15) is 0 Å². The Balaban J connectivity index is 2.05. The molecule has 1 fully saturated rings. The second-order valence-electron chi connectivity index (χ2n) is 4.99. The quantitative estimate of drug-likeness (QED) is 0.782. The molecule has 0 saturated heterocycles. The zero-order chi connectivity index (χ0) is 11.3. The lowest BCUT2D eigenvalue weighted by Crippen LogP contribution is -2.02. The van der Waals surface area contributed by atoms with Gasteiger partial charge in [0.15, 0.2) is 0 Å². The molecule has 1 aromatic carbocycles. The molecule has 1 aromatic heterocycles. The second kappa shape index (κ2) is 3.24. The van der Waals surface area contributed by atoms with Crippen LogP contribution in [0.3, 0.4) is 0 Å². The van der Waals surface area contributed by atoms with E-state index < -0.39 is 0 Å². The van der Waals surface area contributed by atoms with Crippen LogP contribution in [0.5, 0.6) is 0 Å². The van der Waals surface area contributed by atoms with Gasteiger partial charge in [-0.1, -0.05) is 6.92 Å². The number of aryl methyl sites for hydroxylation is 1. The Labute approximate surface area is 95.3 Å². The molecule has 2 aromatic rings. The number of nitrogens with zero attached hydrogens (tertiary/aromatic N) is 2. The highest BCUT2D eigenvalue weighted by molar-refractivity contribution is 5.79. The molecular formula is C13H17N3. The first kappa shape index (κ1) is 9.70. The molecule has 2 atom stereocenters. The number of nitrogens with two attached hydrogens (primary N) is 1. The van der Waals surface area contributed by atoms with Crippen molar-refractivity contribution in [3.05, 3.63) is 24.0 Å². The first-order valence-electron chi connectivity index (χ1n) is 5.87. The molecule has 3 rings (SSSR count). The summed E-state index contributed by atoms with van der Waals surface area (Å²) in [5.41, 5.74) is 8.79. The van der Waals surface area contributed by atoms with E-state index in [-0.39, 0.29) is 0 Å². The van der Waals surface area contributed by atoms with Gasteiger partial charge in [-0.15, -0.1) is 0 Å². The SMILES string of the molecule is Cc1nc2cc(N)ccc2n1CC1CC1C. The van der Waals surface area contributed by atoms with Gasteiger partial charge in [-0.25, -0.2) is 4.98 Å². The van der Waals surface area contributed by atoms with Crippen LogP contribution >= 0.6 is 0 Å². The van der Waals surface area contributed by atoms with Gasteiger partial charge in [0.05, 0.1) is 11.0 Å². The van der Waals surface area contributed by atoms with Gasteiger partial charge in [0.25, 0.3) is 0 Å². The topological polar surface area (TPSA) is 43.8 Å². The first-order valence-corrected chi connectivity index (χ1v) is 5.87. The van der Waals surface area contributed by atoms with Crippen molar-refractivity contribution in [3.8, 4) is 0 Å². The first-order chi connectivity index (χ1) is 7.65. The summed E-state index contributed by atoms with van der Waals surface area (Å²) in [6.45, 7) is 5.49. The summed E-state index contributed by atoms with van der Waals surface area (Å²) in [7, 11) is 0. The maximum absolute atomic E-state index is 5.77. The summed E-state index contributed by atoms with van der Waals surface area (Å²) in [5, 5.41) is 0. The van der Waals surface area contributed by atoms with E-state index in [1.54, 1.807) is 0 Å². The van der Waals surface area contributed by atoms with E-state index >= 15 is 0 Å². The molecule has 1 aliphatic rings. The Hall–Kier alpha value is -1.51. The normalized spacial score (nSPS) is 23.9. The summed E-state index contributed by atoms with van der Waals surface area (Å²) in [5.74, 6) is 2.82. The zero-order valence-corrected chi connectivity index (χ0v) is 9.77. The third-order valence-electron chi connectivity index (χ3n) is 3.66. The lowest BCUT2D eigenvalue weighted by Gasteiger charge is -2.05. The monoisotopic (exact) mass is 215 g/mol. The van der Waals surface area contributed by atoms with Crippen LogP contribution in [0.1, 0.15) is 19.2 Å². The fourth-order valence-electron chi connectivity index (χ4n) is 2.39. The van der Waals surface area contributed by atoms with E-state index in [4.69, 9.17) is 5.73 Å². The highest BCUT2D eigenvalue weighted by atomic mass is 15.1. The van der Waals surface area contributed by atoms with Crippen molar-refractivity contribution < 1.29 is 0 Å². The maximum Gasteiger partial charge on any atom is 0.106 e. The van der Waals surface area contributed by atoms with Gasteiger partial charge in [-0.3, -0.25) is 0 Å². The summed E-state index contributed by atoms with van der Waals surface area (Å²) in [6.07, 6.45) is 1.36. The molecule has 0 bridgehead atoms. The van der Waals surface area contributed by atoms with Crippen LogP contribution in [0.2, 0.25) is 0 Å². The minimum Gasteiger partial charge on any atom is -0.399 e. The molecule has 0 radical (unpaired) electrons. The van der Waals surface area contributed by atoms with Crippen LogP contribution in [0, 0.1) is 18.8 Å². The Bertz CT molecular complexity index is 541. The van der Waals surface area contributed by atoms with Crippen molar-refractivity contribution in [1.82, 2.24) is 9.55 Å². The van der Waals surface area contributed by atoms with E-state index in [0.717, 1.165) is 35.4 Å². The average Bonchev–Trinajstić information content (AvgIpc) is 2.82. The predicted molar refractivity (Wildman–Crippen MR) is 66.2 cm³/mol. The van der Waals surface area contributed by atoms with Gasteiger partial charge in [0.1, 0.15) is 5.82 Å². The molecule has 3 nitrogen and oxygen atoms in total. The molecule has 0 amide bonds. The van der Waals surface area contributed by atoms with Gasteiger partial charge in [0, 0.05) is 12.2 Å². The Kier molecular flexibility index (Phi) is 1.96. The third kappa shape index (κ3) is 1.47. The summed E-state index contributed by atoms with van der Waals surface area (Å²) >= 11 is 0. The van der Waals surface area contributed by atoms with Gasteiger partial charge >= 0.3 is 0 Å². The zero-order valence-electron chi connectivity index (χ0n) is 9.77. The van der Waals surface area contributed by atoms with Crippen molar-refractivity contribution >= 4 is 16.7 Å². The lowest BCUT2D eigenvalue weighted by molar-refractivity contribution is 0.593. The van der Waals surface area contributed by atoms with E-state index in [0.29, 0.717) is 0 Å². The minimum absolute atomic E-state index is 0.789. The van der Waals surface area contributed by atoms with Crippen molar-refractivity contribution in [2.24, 2.45) is 11.8 Å². The molecule has 0 aliphatic heterocycles. The number of imidazole rings is 1. The second-order valence-corrected chi connectivity index (χ2v) is 4.99. The number of aromatic nitrogens is 2. The molecule has 16 heavy (non-hydrogen) atoms. The fourth-order valence-corrected chi connectivity index (χ4v) is 2.39. The van der Waals surface area contributed by atoms with Gasteiger partial charge in [-0.05, 0) is 43.4 Å². The number of fused-ring (bicyclic) bond motifs is 1. The Morgan fingerprint density at radius 3 is 2.94 bits per heavy atom. The number of nitrogen functional groups attached to an aromatic ring is 1. The maximum atomic E-state index is 5.77. The molecule has 3 heteroatoms. The van der Waals surface area contributed by atoms with Crippen LogP contribution in [0.25, 0.3) is 11.0 Å². The number of benzene rings is 1. The summed E-state index contributed by atoms with van der Waals surface area (Å²) in [4.78, 5) is 4.56. The molecule has 1 aliphatic carbocycles. The molecule has 0 spiro atoms. The van der Waals surface area contributed by atoms with Crippen LogP contribution in [0.15, 0.2) is 18.2 Å². The smallest absolute Gasteiger partial charge is 0.106 e. The Morgan fingerprint density at radius 2 is 2.25 bits per heavy atom. The van der Waals surface area contributed by atoms with Crippen LogP contribution in [-0.4, -0.2) is 9.55 Å². The van der Waals surface area contributed by atoms with E-state index in [2.05, 4.69) is 29.5 Å². The number of rotatable bonds is 2. The summed E-state index contributed by atoms with van der Waals surface area (Å²) < 4.78 is 2.32. The predicted octanol–water partition coefficient (Wildman–Crippen LogP) is 2.58. The fraction of sp³-hybridized carbons (Fsp3) is 0.462. The number of hydrogen-bond acceptors (Lipinski definition) is 2. The van der Waals surface area contributed by atoms with Crippen molar-refractivity contribution in [2.45, 2.75) is 26.8 Å². The molecule has 2 N–H and O–H groups in total. The van der Waals surface area contributed by atoms with E-state index in [1.165, 1.54) is 11.9 Å². The molecule has 1 heterocycles. The molecule has 1 saturated carbocycles. The molecule has 84 valence electrons. The van der Waals surface area contributed by atoms with Crippen molar-refractivity contribution in [3.63, 3.8) is 0 Å². The van der Waals surface area contributed by atoms with Crippen LogP contribution in [-0.2, 0) is 6.54 Å².